The zero-order valence-electron chi connectivity index (χ0n) is 11.0. The molecular weight excluding hydrogens is 264 g/mol. The molecule has 1 aliphatic rings. The van der Waals surface area contributed by atoms with Crippen LogP contribution in [0.25, 0.3) is 0 Å². The molecule has 0 amide bonds. The zero-order valence-corrected chi connectivity index (χ0v) is 12.6. The van der Waals surface area contributed by atoms with E-state index in [0.29, 0.717) is 22.2 Å². The number of nitrogens with one attached hydrogen (secondary N) is 1. The summed E-state index contributed by atoms with van der Waals surface area (Å²) in [7, 11) is 0. The number of anilines is 1. The molecule has 1 aromatic heterocycles. The molecule has 3 N–H and O–H groups in total. The zero-order chi connectivity index (χ0) is 13.1. The Kier molecular flexibility index (Phi) is 4.75. The molecule has 6 heteroatoms. The molecule has 0 aliphatic carbocycles. The molecule has 0 spiro atoms. The van der Waals surface area contributed by atoms with Crippen LogP contribution in [-0.2, 0) is 0 Å². The maximum absolute atomic E-state index is 5.50. The van der Waals surface area contributed by atoms with Gasteiger partial charge in [0.1, 0.15) is 11.6 Å². The number of aromatic nitrogens is 2. The molecule has 2 unspecified atom stereocenters. The summed E-state index contributed by atoms with van der Waals surface area (Å²) in [5, 5.41) is 0.923. The van der Waals surface area contributed by atoms with Crippen LogP contribution in [0.15, 0.2) is 6.07 Å². The van der Waals surface area contributed by atoms with Crippen LogP contribution in [-0.4, -0.2) is 26.7 Å². The predicted octanol–water partition coefficient (Wildman–Crippen LogP) is 2.80. The second-order valence-corrected chi connectivity index (χ2v) is 7.44. The Labute approximate surface area is 117 Å². The molecule has 2 heterocycles. The molecule has 1 aliphatic heterocycles. The molecule has 1 saturated heterocycles. The van der Waals surface area contributed by atoms with Crippen LogP contribution in [0.2, 0.25) is 0 Å². The smallest absolute Gasteiger partial charge is 0.145 e. The van der Waals surface area contributed by atoms with Crippen molar-refractivity contribution < 1.29 is 0 Å². The van der Waals surface area contributed by atoms with E-state index >= 15 is 0 Å². The van der Waals surface area contributed by atoms with Gasteiger partial charge >= 0.3 is 0 Å². The number of nitrogens with zero attached hydrogens (tertiary/aromatic N) is 2. The number of nitrogen functional groups attached to an aromatic ring is 1. The minimum absolute atomic E-state index is 0.370. The summed E-state index contributed by atoms with van der Waals surface area (Å²) in [6, 6.07) is 1.93. The van der Waals surface area contributed by atoms with Gasteiger partial charge in [-0.15, -0.1) is 11.8 Å². The fourth-order valence-electron chi connectivity index (χ4n) is 1.90. The summed E-state index contributed by atoms with van der Waals surface area (Å²) in [5.74, 6) is 9.90. The number of nitrogens with two attached hydrogens (primary N) is 1. The van der Waals surface area contributed by atoms with E-state index in [-0.39, 0.29) is 0 Å². The van der Waals surface area contributed by atoms with Crippen LogP contribution >= 0.6 is 23.5 Å². The summed E-state index contributed by atoms with van der Waals surface area (Å²) in [6.45, 7) is 6.53. The molecule has 2 rings (SSSR count). The second-order valence-electron chi connectivity index (χ2n) is 4.70. The van der Waals surface area contributed by atoms with Crippen molar-refractivity contribution in [1.29, 1.82) is 0 Å². The SMILES string of the molecule is CC(C)c1cc(NN)nc(C2SCCSC2C)n1. The van der Waals surface area contributed by atoms with E-state index in [9.17, 15) is 0 Å². The van der Waals surface area contributed by atoms with E-state index in [1.807, 2.05) is 29.6 Å². The van der Waals surface area contributed by atoms with Gasteiger partial charge in [-0.3, -0.25) is 0 Å². The molecule has 100 valence electrons. The first kappa shape index (κ1) is 14.0. The van der Waals surface area contributed by atoms with Crippen molar-refractivity contribution in [2.24, 2.45) is 5.84 Å². The van der Waals surface area contributed by atoms with Crippen LogP contribution in [0, 0.1) is 0 Å². The van der Waals surface area contributed by atoms with Gasteiger partial charge in [0.15, 0.2) is 0 Å². The van der Waals surface area contributed by atoms with Crippen molar-refractivity contribution in [2.75, 3.05) is 16.9 Å². The van der Waals surface area contributed by atoms with E-state index in [2.05, 4.69) is 31.2 Å². The first-order valence-corrected chi connectivity index (χ1v) is 8.30. The van der Waals surface area contributed by atoms with Gasteiger partial charge in [0.25, 0.3) is 0 Å². The van der Waals surface area contributed by atoms with E-state index < -0.39 is 0 Å². The number of thioether (sulfide) groups is 2. The average Bonchev–Trinajstić information content (AvgIpc) is 2.38. The molecular formula is C12H20N4S2. The highest BCUT2D eigenvalue weighted by Gasteiger charge is 2.27. The van der Waals surface area contributed by atoms with E-state index in [1.165, 1.54) is 11.5 Å². The third kappa shape index (κ3) is 3.10. The summed E-state index contributed by atoms with van der Waals surface area (Å²) in [4.78, 5) is 9.24. The first-order valence-electron chi connectivity index (χ1n) is 6.20. The Morgan fingerprint density at radius 2 is 2.06 bits per heavy atom. The Hall–Kier alpha value is -0.460. The van der Waals surface area contributed by atoms with Gasteiger partial charge in [0, 0.05) is 28.5 Å². The minimum atomic E-state index is 0.370. The maximum atomic E-state index is 5.50. The Morgan fingerprint density at radius 1 is 1.33 bits per heavy atom. The van der Waals surface area contributed by atoms with E-state index in [0.717, 1.165) is 11.5 Å². The van der Waals surface area contributed by atoms with Crippen molar-refractivity contribution in [1.82, 2.24) is 9.97 Å². The lowest BCUT2D eigenvalue weighted by atomic mass is 10.1. The van der Waals surface area contributed by atoms with Crippen LogP contribution in [0.4, 0.5) is 5.82 Å². The third-order valence-electron chi connectivity index (χ3n) is 2.94. The number of hydrazine groups is 1. The number of rotatable bonds is 3. The highest BCUT2D eigenvalue weighted by molar-refractivity contribution is 8.06. The Morgan fingerprint density at radius 3 is 2.67 bits per heavy atom. The number of hydrogen-bond donors (Lipinski definition) is 2. The maximum Gasteiger partial charge on any atom is 0.145 e. The molecule has 0 bridgehead atoms. The predicted molar refractivity (Wildman–Crippen MR) is 81.1 cm³/mol. The lowest BCUT2D eigenvalue weighted by molar-refractivity contribution is 0.760. The topological polar surface area (TPSA) is 63.8 Å². The van der Waals surface area contributed by atoms with Gasteiger partial charge in [0.05, 0.1) is 5.25 Å². The lowest BCUT2D eigenvalue weighted by Gasteiger charge is -2.27. The van der Waals surface area contributed by atoms with Crippen LogP contribution < -0.4 is 11.3 Å². The molecule has 4 nitrogen and oxygen atoms in total. The quantitative estimate of drug-likeness (QED) is 0.657. The fraction of sp³-hybridized carbons (Fsp3) is 0.667. The van der Waals surface area contributed by atoms with Crippen molar-refractivity contribution in [2.45, 2.75) is 37.2 Å². The first-order chi connectivity index (χ1) is 8.61. The van der Waals surface area contributed by atoms with Gasteiger partial charge in [-0.2, -0.15) is 11.8 Å². The minimum Gasteiger partial charge on any atom is -0.308 e. The van der Waals surface area contributed by atoms with E-state index in [4.69, 9.17) is 10.8 Å². The molecule has 0 radical (unpaired) electrons. The van der Waals surface area contributed by atoms with Crippen molar-refractivity contribution in [3.8, 4) is 0 Å². The monoisotopic (exact) mass is 284 g/mol. The molecule has 2 atom stereocenters. The van der Waals surface area contributed by atoms with Crippen molar-refractivity contribution >= 4 is 29.3 Å². The summed E-state index contributed by atoms with van der Waals surface area (Å²) < 4.78 is 0. The van der Waals surface area contributed by atoms with E-state index in [1.54, 1.807) is 0 Å². The molecule has 1 aromatic rings. The van der Waals surface area contributed by atoms with Gasteiger partial charge in [-0.1, -0.05) is 20.8 Å². The summed E-state index contributed by atoms with van der Waals surface area (Å²) in [5.41, 5.74) is 3.70. The normalized spacial score (nSPS) is 24.3. The van der Waals surface area contributed by atoms with Gasteiger partial charge < -0.3 is 5.43 Å². The van der Waals surface area contributed by atoms with Crippen LogP contribution in [0.5, 0.6) is 0 Å². The molecule has 0 saturated carbocycles. The molecule has 0 aromatic carbocycles. The summed E-state index contributed by atoms with van der Waals surface area (Å²) >= 11 is 3.95. The average molecular weight is 284 g/mol. The van der Waals surface area contributed by atoms with Gasteiger partial charge in [-0.05, 0) is 5.92 Å². The standard InChI is InChI=1S/C12H20N4S2/c1-7(2)9-6-10(16-13)15-12(14-9)11-8(3)17-4-5-18-11/h6-8,11H,4-5,13H2,1-3H3,(H,14,15,16). The molecule has 1 fully saturated rings. The van der Waals surface area contributed by atoms with Gasteiger partial charge in [0.2, 0.25) is 0 Å². The highest BCUT2D eigenvalue weighted by Crippen LogP contribution is 2.41. The van der Waals surface area contributed by atoms with Crippen molar-refractivity contribution in [3.05, 3.63) is 17.6 Å². The number of hydrogen-bond acceptors (Lipinski definition) is 6. The van der Waals surface area contributed by atoms with Crippen molar-refractivity contribution in [3.63, 3.8) is 0 Å². The lowest BCUT2D eigenvalue weighted by Crippen LogP contribution is -2.20. The van der Waals surface area contributed by atoms with Gasteiger partial charge in [-0.25, -0.2) is 15.8 Å². The highest BCUT2D eigenvalue weighted by atomic mass is 32.2. The van der Waals surface area contributed by atoms with Crippen LogP contribution in [0.1, 0.15) is 43.5 Å². The largest absolute Gasteiger partial charge is 0.308 e. The third-order valence-corrected chi connectivity index (χ3v) is 6.03. The fourth-order valence-corrected chi connectivity index (χ4v) is 4.59. The second kappa shape index (κ2) is 6.12. The summed E-state index contributed by atoms with van der Waals surface area (Å²) in [6.07, 6.45) is 0. The van der Waals surface area contributed by atoms with Crippen LogP contribution in [0.3, 0.4) is 0 Å². The molecule has 18 heavy (non-hydrogen) atoms. The Balaban J connectivity index is 2.33. The Bertz CT molecular complexity index is 411.